The van der Waals surface area contributed by atoms with E-state index in [9.17, 15) is 13.2 Å². The minimum atomic E-state index is -4.04. The second-order valence-corrected chi connectivity index (χ2v) is 7.62. The van der Waals surface area contributed by atoms with Gasteiger partial charge in [-0.2, -0.15) is 13.5 Å². The number of aryl methyl sites for hydroxylation is 1. The zero-order chi connectivity index (χ0) is 20.1. The summed E-state index contributed by atoms with van der Waals surface area (Å²) in [7, 11) is -4.04. The number of anilines is 2. The Morgan fingerprint density at radius 2 is 1.71 bits per heavy atom. The molecule has 2 aromatic carbocycles. The monoisotopic (exact) mass is 400 g/mol. The first-order valence-electron chi connectivity index (χ1n) is 8.56. The number of aromatic amines is 1. The van der Waals surface area contributed by atoms with Crippen LogP contribution in [-0.4, -0.2) is 31.1 Å². The third kappa shape index (κ3) is 4.49. The smallest absolute Gasteiger partial charge is 0.279 e. The van der Waals surface area contributed by atoms with Gasteiger partial charge in [0.2, 0.25) is 0 Å². The number of ether oxygens (including phenoxy) is 1. The van der Waals surface area contributed by atoms with Crippen LogP contribution in [0.15, 0.2) is 59.8 Å². The minimum absolute atomic E-state index is 0.0842. The molecule has 0 atom stereocenters. The van der Waals surface area contributed by atoms with Crippen molar-refractivity contribution in [3.05, 3.63) is 65.9 Å². The number of sulfonamides is 1. The van der Waals surface area contributed by atoms with E-state index in [2.05, 4.69) is 20.2 Å². The van der Waals surface area contributed by atoms with Crippen LogP contribution in [0.2, 0.25) is 0 Å². The molecule has 3 N–H and O–H groups in total. The van der Waals surface area contributed by atoms with Crippen LogP contribution in [0.5, 0.6) is 5.75 Å². The minimum Gasteiger partial charge on any atom is -0.494 e. The Balaban J connectivity index is 1.78. The van der Waals surface area contributed by atoms with Gasteiger partial charge in [-0.3, -0.25) is 14.6 Å². The van der Waals surface area contributed by atoms with Crippen LogP contribution < -0.4 is 14.8 Å². The van der Waals surface area contributed by atoms with Crippen molar-refractivity contribution < 1.29 is 17.9 Å². The Morgan fingerprint density at radius 3 is 2.36 bits per heavy atom. The summed E-state index contributed by atoms with van der Waals surface area (Å²) in [5.74, 6) is 0.0508. The Bertz CT molecular complexity index is 1060. The van der Waals surface area contributed by atoms with Crippen molar-refractivity contribution in [2.24, 2.45) is 0 Å². The largest absolute Gasteiger partial charge is 0.494 e. The second kappa shape index (κ2) is 8.13. The van der Waals surface area contributed by atoms with Crippen molar-refractivity contribution in [1.82, 2.24) is 10.2 Å². The maximum absolute atomic E-state index is 12.7. The fourth-order valence-electron chi connectivity index (χ4n) is 2.47. The van der Waals surface area contributed by atoms with Crippen LogP contribution in [0.4, 0.5) is 11.4 Å². The number of hydrogen-bond acceptors (Lipinski definition) is 5. The molecule has 0 aliphatic carbocycles. The molecule has 0 radical (unpaired) electrons. The molecule has 8 nitrogen and oxygen atoms in total. The molecule has 0 saturated carbocycles. The molecule has 1 heterocycles. The third-order valence-corrected chi connectivity index (χ3v) is 5.20. The molecule has 146 valence electrons. The van der Waals surface area contributed by atoms with E-state index < -0.39 is 15.9 Å². The molecule has 0 bridgehead atoms. The average molecular weight is 400 g/mol. The van der Waals surface area contributed by atoms with E-state index in [1.165, 1.54) is 6.20 Å². The number of amides is 1. The third-order valence-electron chi connectivity index (χ3n) is 3.84. The number of nitrogens with zero attached hydrogens (tertiary/aromatic N) is 1. The number of nitrogens with one attached hydrogen (secondary N) is 3. The average Bonchev–Trinajstić information content (AvgIpc) is 3.16. The predicted molar refractivity (Wildman–Crippen MR) is 106 cm³/mol. The van der Waals surface area contributed by atoms with Crippen LogP contribution in [0.3, 0.4) is 0 Å². The van der Waals surface area contributed by atoms with E-state index in [0.29, 0.717) is 23.7 Å². The van der Waals surface area contributed by atoms with Gasteiger partial charge in [-0.25, -0.2) is 0 Å². The topological polar surface area (TPSA) is 113 Å². The van der Waals surface area contributed by atoms with E-state index >= 15 is 0 Å². The van der Waals surface area contributed by atoms with Gasteiger partial charge in [0.05, 0.1) is 18.4 Å². The van der Waals surface area contributed by atoms with E-state index in [1.807, 2.05) is 26.0 Å². The fourth-order valence-corrected chi connectivity index (χ4v) is 3.62. The summed E-state index contributed by atoms with van der Waals surface area (Å²) in [6, 6.07) is 13.6. The van der Waals surface area contributed by atoms with Crippen LogP contribution >= 0.6 is 0 Å². The Morgan fingerprint density at radius 1 is 1.07 bits per heavy atom. The Kier molecular flexibility index (Phi) is 5.65. The van der Waals surface area contributed by atoms with Crippen LogP contribution in [0.1, 0.15) is 22.8 Å². The lowest BCUT2D eigenvalue weighted by atomic mass is 10.2. The summed E-state index contributed by atoms with van der Waals surface area (Å²) >= 11 is 0. The van der Waals surface area contributed by atoms with Crippen LogP contribution in [0.25, 0.3) is 0 Å². The lowest BCUT2D eigenvalue weighted by molar-refractivity contribution is 0.102. The summed E-state index contributed by atoms with van der Waals surface area (Å²) in [6.45, 7) is 4.30. The highest BCUT2D eigenvalue weighted by atomic mass is 32.2. The first-order valence-corrected chi connectivity index (χ1v) is 10.0. The van der Waals surface area contributed by atoms with Gasteiger partial charge in [-0.05, 0) is 50.2 Å². The van der Waals surface area contributed by atoms with E-state index in [1.54, 1.807) is 36.4 Å². The first kappa shape index (κ1) is 19.4. The Labute approximate surface area is 163 Å². The standard InChI is InChI=1S/C19H20N4O4S/c1-3-27-16-10-8-15(9-11-16)23-28(25,26)19-17(12-20-22-19)18(24)21-14-6-4-13(2)5-7-14/h4-12,23H,3H2,1-2H3,(H,20,22)(H,21,24). The molecular weight excluding hydrogens is 380 g/mol. The zero-order valence-corrected chi connectivity index (χ0v) is 16.2. The first-order chi connectivity index (χ1) is 13.4. The summed E-state index contributed by atoms with van der Waals surface area (Å²) in [4.78, 5) is 12.5. The molecule has 0 aliphatic rings. The van der Waals surface area contributed by atoms with Gasteiger partial charge in [0.1, 0.15) is 5.75 Å². The molecule has 9 heteroatoms. The van der Waals surface area contributed by atoms with Crippen molar-refractivity contribution >= 4 is 27.3 Å². The van der Waals surface area contributed by atoms with Crippen molar-refractivity contribution in [3.8, 4) is 5.75 Å². The highest BCUT2D eigenvalue weighted by molar-refractivity contribution is 7.92. The number of carbonyl (C=O) groups excluding carboxylic acids is 1. The van der Waals surface area contributed by atoms with E-state index in [-0.39, 0.29) is 10.6 Å². The number of aromatic nitrogens is 2. The fraction of sp³-hybridized carbons (Fsp3) is 0.158. The van der Waals surface area contributed by atoms with Gasteiger partial charge in [0, 0.05) is 11.4 Å². The van der Waals surface area contributed by atoms with E-state index in [4.69, 9.17) is 4.74 Å². The van der Waals surface area contributed by atoms with Gasteiger partial charge in [0.25, 0.3) is 15.9 Å². The number of hydrogen-bond donors (Lipinski definition) is 3. The molecule has 3 aromatic rings. The maximum atomic E-state index is 12.7. The van der Waals surface area contributed by atoms with Crippen LogP contribution in [-0.2, 0) is 10.0 Å². The van der Waals surface area contributed by atoms with Crippen molar-refractivity contribution in [1.29, 1.82) is 0 Å². The van der Waals surface area contributed by atoms with Gasteiger partial charge in [-0.1, -0.05) is 17.7 Å². The van der Waals surface area contributed by atoms with Crippen molar-refractivity contribution in [3.63, 3.8) is 0 Å². The van der Waals surface area contributed by atoms with E-state index in [0.717, 1.165) is 5.56 Å². The van der Waals surface area contributed by atoms with Crippen molar-refractivity contribution in [2.75, 3.05) is 16.6 Å². The highest BCUT2D eigenvalue weighted by Crippen LogP contribution is 2.21. The number of benzene rings is 2. The van der Waals surface area contributed by atoms with Gasteiger partial charge >= 0.3 is 0 Å². The summed E-state index contributed by atoms with van der Waals surface area (Å²) in [5, 5.41) is 8.46. The molecular formula is C19H20N4O4S. The molecule has 0 spiro atoms. The number of H-pyrrole nitrogens is 1. The van der Waals surface area contributed by atoms with Gasteiger partial charge in [-0.15, -0.1) is 0 Å². The lowest BCUT2D eigenvalue weighted by Gasteiger charge is -2.10. The van der Waals surface area contributed by atoms with Crippen LogP contribution in [0, 0.1) is 6.92 Å². The van der Waals surface area contributed by atoms with Crippen molar-refractivity contribution in [2.45, 2.75) is 18.9 Å². The summed E-state index contributed by atoms with van der Waals surface area (Å²) < 4.78 is 33.2. The molecule has 0 aliphatic heterocycles. The zero-order valence-electron chi connectivity index (χ0n) is 15.4. The molecule has 1 amide bonds. The summed E-state index contributed by atoms with van der Waals surface area (Å²) in [6.07, 6.45) is 1.18. The molecule has 0 fully saturated rings. The molecule has 0 saturated heterocycles. The molecule has 1 aromatic heterocycles. The number of rotatable bonds is 7. The van der Waals surface area contributed by atoms with Gasteiger partial charge in [0.15, 0.2) is 5.03 Å². The van der Waals surface area contributed by atoms with Gasteiger partial charge < -0.3 is 10.1 Å². The highest BCUT2D eigenvalue weighted by Gasteiger charge is 2.25. The second-order valence-electron chi connectivity index (χ2n) is 6.00. The SMILES string of the molecule is CCOc1ccc(NS(=O)(=O)c2[nH]ncc2C(=O)Nc2ccc(C)cc2)cc1. The quantitative estimate of drug-likeness (QED) is 0.564. The predicted octanol–water partition coefficient (Wildman–Crippen LogP) is 3.17. The summed E-state index contributed by atoms with van der Waals surface area (Å²) in [5.41, 5.74) is 1.85. The Hall–Kier alpha value is -3.33. The molecule has 0 unspecified atom stereocenters. The lowest BCUT2D eigenvalue weighted by Crippen LogP contribution is -2.19. The number of carbonyl (C=O) groups is 1. The maximum Gasteiger partial charge on any atom is 0.279 e. The normalized spacial score (nSPS) is 11.1. The molecule has 28 heavy (non-hydrogen) atoms. The molecule has 3 rings (SSSR count).